The van der Waals surface area contributed by atoms with Crippen molar-refractivity contribution in [2.75, 3.05) is 6.54 Å². The molecule has 1 rings (SSSR count). The Kier molecular flexibility index (Phi) is 2.25. The van der Waals surface area contributed by atoms with Crippen molar-refractivity contribution in [1.82, 2.24) is 8.75 Å². The van der Waals surface area contributed by atoms with Crippen LogP contribution in [0, 0.1) is 6.92 Å². The average Bonchev–Trinajstić information content (AvgIpc) is 2.36. The Hall–Kier alpha value is -0.480. The molecule has 0 bridgehead atoms. The number of hydrogen-bond acceptors (Lipinski definition) is 4. The zero-order chi connectivity index (χ0) is 8.48. The van der Waals surface area contributed by atoms with Crippen molar-refractivity contribution in [3.05, 3.63) is 11.4 Å². The van der Waals surface area contributed by atoms with Gasteiger partial charge in [0.2, 0.25) is 0 Å². The van der Waals surface area contributed by atoms with Crippen LogP contribution in [-0.4, -0.2) is 15.3 Å². The minimum atomic E-state index is -0.0307. The molecule has 0 aliphatic rings. The standard InChI is InChI=1S/C7H13N3S/c1-5-6(10-11-9-5)7(2,3)4-8/h4,8H2,1-3H3. The van der Waals surface area contributed by atoms with Crippen molar-refractivity contribution in [1.29, 1.82) is 0 Å². The van der Waals surface area contributed by atoms with Gasteiger partial charge >= 0.3 is 0 Å². The maximum absolute atomic E-state index is 5.60. The van der Waals surface area contributed by atoms with Gasteiger partial charge in [-0.3, -0.25) is 0 Å². The topological polar surface area (TPSA) is 51.8 Å². The molecular formula is C7H13N3S. The van der Waals surface area contributed by atoms with Crippen LogP contribution >= 0.6 is 11.7 Å². The molecule has 62 valence electrons. The number of aryl methyl sites for hydroxylation is 1. The van der Waals surface area contributed by atoms with Gasteiger partial charge < -0.3 is 5.73 Å². The molecule has 0 spiro atoms. The Morgan fingerprint density at radius 3 is 2.45 bits per heavy atom. The molecule has 3 nitrogen and oxygen atoms in total. The van der Waals surface area contributed by atoms with Crippen LogP contribution in [0.25, 0.3) is 0 Å². The van der Waals surface area contributed by atoms with E-state index in [9.17, 15) is 0 Å². The van der Waals surface area contributed by atoms with Crippen LogP contribution < -0.4 is 5.73 Å². The van der Waals surface area contributed by atoms with Crippen molar-refractivity contribution < 1.29 is 0 Å². The molecule has 0 fully saturated rings. The van der Waals surface area contributed by atoms with E-state index in [4.69, 9.17) is 5.73 Å². The molecule has 0 atom stereocenters. The molecule has 0 saturated heterocycles. The third-order valence-electron chi connectivity index (χ3n) is 1.80. The number of nitrogens with two attached hydrogens (primary N) is 1. The lowest BCUT2D eigenvalue weighted by Crippen LogP contribution is -2.29. The SMILES string of the molecule is Cc1nsnc1C(C)(C)CN. The van der Waals surface area contributed by atoms with Crippen molar-refractivity contribution in [3.63, 3.8) is 0 Å². The lowest BCUT2D eigenvalue weighted by molar-refractivity contribution is 0.522. The van der Waals surface area contributed by atoms with Gasteiger partial charge in [0.1, 0.15) is 0 Å². The summed E-state index contributed by atoms with van der Waals surface area (Å²) < 4.78 is 8.31. The summed E-state index contributed by atoms with van der Waals surface area (Å²) in [6, 6.07) is 0. The smallest absolute Gasteiger partial charge is 0.0840 e. The van der Waals surface area contributed by atoms with Gasteiger partial charge in [0.05, 0.1) is 23.1 Å². The van der Waals surface area contributed by atoms with E-state index < -0.39 is 0 Å². The number of nitrogens with zero attached hydrogens (tertiary/aromatic N) is 2. The summed E-state index contributed by atoms with van der Waals surface area (Å²) in [7, 11) is 0. The third kappa shape index (κ3) is 1.57. The van der Waals surface area contributed by atoms with E-state index in [0.717, 1.165) is 11.4 Å². The van der Waals surface area contributed by atoms with Crippen molar-refractivity contribution in [2.24, 2.45) is 5.73 Å². The van der Waals surface area contributed by atoms with Crippen LogP contribution in [0.2, 0.25) is 0 Å². The van der Waals surface area contributed by atoms with Gasteiger partial charge in [-0.2, -0.15) is 8.75 Å². The van der Waals surface area contributed by atoms with Crippen LogP contribution in [0.1, 0.15) is 25.2 Å². The Morgan fingerprint density at radius 2 is 2.09 bits per heavy atom. The molecule has 0 amide bonds. The van der Waals surface area contributed by atoms with Gasteiger partial charge in [-0.05, 0) is 6.92 Å². The Labute approximate surface area is 71.0 Å². The van der Waals surface area contributed by atoms with Gasteiger partial charge in [-0.25, -0.2) is 0 Å². The summed E-state index contributed by atoms with van der Waals surface area (Å²) in [6.07, 6.45) is 0. The summed E-state index contributed by atoms with van der Waals surface area (Å²) in [6.45, 7) is 6.74. The molecule has 0 aromatic carbocycles. The fourth-order valence-corrected chi connectivity index (χ4v) is 1.65. The van der Waals surface area contributed by atoms with Gasteiger partial charge in [0, 0.05) is 12.0 Å². The molecule has 1 aromatic heterocycles. The van der Waals surface area contributed by atoms with Crippen LogP contribution in [-0.2, 0) is 5.41 Å². The number of rotatable bonds is 2. The minimum absolute atomic E-state index is 0.0307. The normalized spacial score (nSPS) is 12.0. The average molecular weight is 171 g/mol. The van der Waals surface area contributed by atoms with Crippen LogP contribution in [0.5, 0.6) is 0 Å². The van der Waals surface area contributed by atoms with Crippen LogP contribution in [0.15, 0.2) is 0 Å². The molecule has 0 saturated carbocycles. The first-order chi connectivity index (χ1) is 5.08. The molecule has 2 N–H and O–H groups in total. The molecule has 11 heavy (non-hydrogen) atoms. The second kappa shape index (κ2) is 2.87. The van der Waals surface area contributed by atoms with Gasteiger partial charge in [-0.1, -0.05) is 13.8 Å². The van der Waals surface area contributed by atoms with E-state index in [1.807, 2.05) is 6.92 Å². The Balaban J connectivity index is 3.00. The van der Waals surface area contributed by atoms with E-state index in [-0.39, 0.29) is 5.41 Å². The maximum Gasteiger partial charge on any atom is 0.0840 e. The Morgan fingerprint density at radius 1 is 1.45 bits per heavy atom. The highest BCUT2D eigenvalue weighted by molar-refractivity contribution is 6.99. The fourth-order valence-electron chi connectivity index (χ4n) is 0.942. The van der Waals surface area contributed by atoms with Crippen molar-refractivity contribution >= 4 is 11.7 Å². The lowest BCUT2D eigenvalue weighted by atomic mass is 9.88. The molecular weight excluding hydrogens is 158 g/mol. The van der Waals surface area contributed by atoms with Crippen molar-refractivity contribution in [2.45, 2.75) is 26.2 Å². The molecule has 4 heteroatoms. The Bertz CT molecular complexity index is 242. The fraction of sp³-hybridized carbons (Fsp3) is 0.714. The van der Waals surface area contributed by atoms with Gasteiger partial charge in [0.15, 0.2) is 0 Å². The lowest BCUT2D eigenvalue weighted by Gasteiger charge is -2.19. The van der Waals surface area contributed by atoms with E-state index >= 15 is 0 Å². The first kappa shape index (κ1) is 8.62. The van der Waals surface area contributed by atoms with E-state index in [2.05, 4.69) is 22.6 Å². The minimum Gasteiger partial charge on any atom is -0.330 e. The molecule has 0 radical (unpaired) electrons. The predicted octanol–water partition coefficient (Wildman–Crippen LogP) is 1.08. The monoisotopic (exact) mass is 171 g/mol. The highest BCUT2D eigenvalue weighted by atomic mass is 32.1. The summed E-state index contributed by atoms with van der Waals surface area (Å²) in [5.74, 6) is 0. The summed E-state index contributed by atoms with van der Waals surface area (Å²) in [4.78, 5) is 0. The highest BCUT2D eigenvalue weighted by Crippen LogP contribution is 2.22. The summed E-state index contributed by atoms with van der Waals surface area (Å²) >= 11 is 1.25. The predicted molar refractivity (Wildman–Crippen MR) is 46.7 cm³/mol. The van der Waals surface area contributed by atoms with Crippen LogP contribution in [0.4, 0.5) is 0 Å². The first-order valence-corrected chi connectivity index (χ1v) is 4.30. The third-order valence-corrected chi connectivity index (χ3v) is 2.42. The summed E-state index contributed by atoms with van der Waals surface area (Å²) in [5.41, 5.74) is 7.61. The summed E-state index contributed by atoms with van der Waals surface area (Å²) in [5, 5.41) is 0. The molecule has 0 unspecified atom stereocenters. The number of aromatic nitrogens is 2. The van der Waals surface area contributed by atoms with Crippen LogP contribution in [0.3, 0.4) is 0 Å². The molecule has 0 aliphatic heterocycles. The molecule has 1 heterocycles. The largest absolute Gasteiger partial charge is 0.330 e. The molecule has 0 aliphatic carbocycles. The maximum atomic E-state index is 5.60. The zero-order valence-electron chi connectivity index (χ0n) is 7.09. The zero-order valence-corrected chi connectivity index (χ0v) is 7.90. The second-order valence-corrected chi connectivity index (χ2v) is 3.81. The quantitative estimate of drug-likeness (QED) is 0.724. The van der Waals surface area contributed by atoms with Crippen molar-refractivity contribution in [3.8, 4) is 0 Å². The number of hydrogen-bond donors (Lipinski definition) is 1. The van der Waals surface area contributed by atoms with Gasteiger partial charge in [0.25, 0.3) is 0 Å². The van der Waals surface area contributed by atoms with E-state index in [1.165, 1.54) is 11.7 Å². The van der Waals surface area contributed by atoms with E-state index in [1.54, 1.807) is 0 Å². The first-order valence-electron chi connectivity index (χ1n) is 3.57. The highest BCUT2D eigenvalue weighted by Gasteiger charge is 2.23. The second-order valence-electron chi connectivity index (χ2n) is 3.29. The molecule has 1 aromatic rings. The van der Waals surface area contributed by atoms with E-state index in [0.29, 0.717) is 6.54 Å². The van der Waals surface area contributed by atoms with Gasteiger partial charge in [-0.15, -0.1) is 0 Å².